The molecule has 0 saturated carbocycles. The van der Waals surface area contributed by atoms with Crippen LogP contribution in [-0.4, -0.2) is 30.8 Å². The first-order valence-electron chi connectivity index (χ1n) is 7.04. The molecular weight excluding hydrogens is 322 g/mol. The molecule has 1 N–H and O–H groups in total. The Hall–Kier alpha value is -1.07. The predicted octanol–water partition coefficient (Wildman–Crippen LogP) is 2.65. The highest BCUT2D eigenvalue weighted by Gasteiger charge is 2.41. The highest BCUT2D eigenvalue weighted by molar-refractivity contribution is 9.10. The second-order valence-electron chi connectivity index (χ2n) is 5.31. The highest BCUT2D eigenvalue weighted by atomic mass is 79.9. The van der Waals surface area contributed by atoms with Crippen molar-refractivity contribution in [2.45, 2.75) is 43.9 Å². The Labute approximate surface area is 127 Å². The minimum atomic E-state index is 0.0400. The fraction of sp³-hybridized carbons (Fsp3) is 0.533. The summed E-state index contributed by atoms with van der Waals surface area (Å²) >= 11 is 3.41. The van der Waals surface area contributed by atoms with Crippen molar-refractivity contribution in [1.82, 2.24) is 5.32 Å². The van der Waals surface area contributed by atoms with Crippen LogP contribution in [0.15, 0.2) is 28.7 Å². The van der Waals surface area contributed by atoms with Crippen LogP contribution in [0.3, 0.4) is 0 Å². The zero-order valence-electron chi connectivity index (χ0n) is 11.2. The van der Waals surface area contributed by atoms with Crippen molar-refractivity contribution in [3.63, 3.8) is 0 Å². The summed E-state index contributed by atoms with van der Waals surface area (Å²) in [6.45, 7) is 0.385. The van der Waals surface area contributed by atoms with Gasteiger partial charge in [0.15, 0.2) is 0 Å². The third kappa shape index (κ3) is 3.15. The van der Waals surface area contributed by atoms with Crippen LogP contribution in [0.1, 0.15) is 25.7 Å². The molecule has 1 aromatic rings. The molecular formula is C15H18BrNO3. The average molecular weight is 340 g/mol. The van der Waals surface area contributed by atoms with Crippen LogP contribution in [0.25, 0.3) is 0 Å². The van der Waals surface area contributed by atoms with E-state index in [0.717, 1.165) is 29.5 Å². The minimum absolute atomic E-state index is 0.0400. The molecule has 0 spiro atoms. The maximum atomic E-state index is 11.9. The van der Waals surface area contributed by atoms with Crippen LogP contribution in [0.5, 0.6) is 5.75 Å². The van der Waals surface area contributed by atoms with E-state index in [-0.39, 0.29) is 18.1 Å². The van der Waals surface area contributed by atoms with Crippen molar-refractivity contribution in [3.05, 3.63) is 28.7 Å². The summed E-state index contributed by atoms with van der Waals surface area (Å²) in [5.41, 5.74) is 0. The summed E-state index contributed by atoms with van der Waals surface area (Å²) in [5, 5.41) is 3.06. The standard InChI is InChI=1S/C15H18BrNO3/c16-11-3-1-2-4-13(11)19-8-7-15(18)17-12-9-10-5-6-14(12)20-10/h1-4,10,12,14H,5-9H2,(H,17,18)/t10-,12-,14-/m1/s1. The van der Waals surface area contributed by atoms with Gasteiger partial charge < -0.3 is 14.8 Å². The minimum Gasteiger partial charge on any atom is -0.492 e. The van der Waals surface area contributed by atoms with E-state index < -0.39 is 0 Å². The van der Waals surface area contributed by atoms with E-state index in [0.29, 0.717) is 19.1 Å². The summed E-state index contributed by atoms with van der Waals surface area (Å²) in [7, 11) is 0. The van der Waals surface area contributed by atoms with Crippen molar-refractivity contribution in [3.8, 4) is 5.75 Å². The van der Waals surface area contributed by atoms with Crippen LogP contribution in [0, 0.1) is 0 Å². The van der Waals surface area contributed by atoms with E-state index in [9.17, 15) is 4.79 Å². The molecule has 1 aromatic carbocycles. The summed E-state index contributed by atoms with van der Waals surface area (Å²) in [6, 6.07) is 7.84. The summed E-state index contributed by atoms with van der Waals surface area (Å²) in [6.07, 6.45) is 4.14. The Kier molecular flexibility index (Phi) is 4.27. The van der Waals surface area contributed by atoms with Gasteiger partial charge in [0.05, 0.1) is 35.8 Å². The molecule has 0 aromatic heterocycles. The lowest BCUT2D eigenvalue weighted by molar-refractivity contribution is -0.122. The van der Waals surface area contributed by atoms with Gasteiger partial charge in [-0.15, -0.1) is 0 Å². The maximum absolute atomic E-state index is 11.9. The maximum Gasteiger partial charge on any atom is 0.223 e. The number of rotatable bonds is 5. The van der Waals surface area contributed by atoms with Crippen LogP contribution in [-0.2, 0) is 9.53 Å². The Bertz CT molecular complexity index is 494. The summed E-state index contributed by atoms with van der Waals surface area (Å²) in [4.78, 5) is 11.9. The number of halogens is 1. The largest absolute Gasteiger partial charge is 0.492 e. The Morgan fingerprint density at radius 3 is 2.95 bits per heavy atom. The molecule has 4 nitrogen and oxygen atoms in total. The van der Waals surface area contributed by atoms with Crippen molar-refractivity contribution in [2.24, 2.45) is 0 Å². The van der Waals surface area contributed by atoms with Gasteiger partial charge in [0.25, 0.3) is 0 Å². The smallest absolute Gasteiger partial charge is 0.223 e. The first-order valence-corrected chi connectivity index (χ1v) is 7.84. The molecule has 0 unspecified atom stereocenters. The van der Waals surface area contributed by atoms with Gasteiger partial charge in [-0.25, -0.2) is 0 Å². The van der Waals surface area contributed by atoms with Crippen LogP contribution < -0.4 is 10.1 Å². The van der Waals surface area contributed by atoms with E-state index in [1.54, 1.807) is 0 Å². The highest BCUT2D eigenvalue weighted by Crippen LogP contribution is 2.34. The molecule has 2 aliphatic heterocycles. The Morgan fingerprint density at radius 2 is 2.25 bits per heavy atom. The molecule has 2 fully saturated rings. The van der Waals surface area contributed by atoms with Crippen molar-refractivity contribution in [2.75, 3.05) is 6.61 Å². The van der Waals surface area contributed by atoms with Crippen LogP contribution in [0.2, 0.25) is 0 Å². The topological polar surface area (TPSA) is 47.6 Å². The number of hydrogen-bond acceptors (Lipinski definition) is 3. The van der Waals surface area contributed by atoms with E-state index in [4.69, 9.17) is 9.47 Å². The van der Waals surface area contributed by atoms with Gasteiger partial charge in [0, 0.05) is 0 Å². The Morgan fingerprint density at radius 1 is 1.40 bits per heavy atom. The SMILES string of the molecule is O=C(CCOc1ccccc1Br)N[C@@H]1C[C@H]2CC[C@H]1O2. The number of carbonyl (C=O) groups is 1. The van der Waals surface area contributed by atoms with Crippen molar-refractivity contribution >= 4 is 21.8 Å². The number of para-hydroxylation sites is 1. The normalized spacial score (nSPS) is 27.6. The fourth-order valence-electron chi connectivity index (χ4n) is 2.88. The van der Waals surface area contributed by atoms with E-state index in [1.165, 1.54) is 0 Å². The zero-order chi connectivity index (χ0) is 13.9. The molecule has 3 atom stereocenters. The van der Waals surface area contributed by atoms with Crippen LogP contribution >= 0.6 is 15.9 Å². The predicted molar refractivity (Wildman–Crippen MR) is 78.7 cm³/mol. The molecule has 20 heavy (non-hydrogen) atoms. The lowest BCUT2D eigenvalue weighted by atomic mass is 9.95. The first-order chi connectivity index (χ1) is 9.72. The van der Waals surface area contributed by atoms with Gasteiger partial charge in [-0.1, -0.05) is 12.1 Å². The number of hydrogen-bond donors (Lipinski definition) is 1. The fourth-order valence-corrected chi connectivity index (χ4v) is 3.28. The molecule has 2 bridgehead atoms. The summed E-state index contributed by atoms with van der Waals surface area (Å²) in [5.74, 6) is 0.807. The van der Waals surface area contributed by atoms with Gasteiger partial charge >= 0.3 is 0 Å². The zero-order valence-corrected chi connectivity index (χ0v) is 12.8. The molecule has 2 saturated heterocycles. The molecule has 2 heterocycles. The van der Waals surface area contributed by atoms with Gasteiger partial charge in [-0.2, -0.15) is 0 Å². The van der Waals surface area contributed by atoms with Gasteiger partial charge in [-0.3, -0.25) is 4.79 Å². The second kappa shape index (κ2) is 6.14. The number of amides is 1. The van der Waals surface area contributed by atoms with E-state index >= 15 is 0 Å². The number of benzene rings is 1. The van der Waals surface area contributed by atoms with Crippen LogP contribution in [0.4, 0.5) is 0 Å². The van der Waals surface area contributed by atoms with Crippen molar-refractivity contribution in [1.29, 1.82) is 0 Å². The molecule has 1 amide bonds. The monoisotopic (exact) mass is 339 g/mol. The third-order valence-electron chi connectivity index (χ3n) is 3.88. The number of nitrogens with one attached hydrogen (secondary N) is 1. The quantitative estimate of drug-likeness (QED) is 0.897. The molecule has 108 valence electrons. The first kappa shape index (κ1) is 13.9. The van der Waals surface area contributed by atoms with E-state index in [1.807, 2.05) is 24.3 Å². The van der Waals surface area contributed by atoms with Gasteiger partial charge in [-0.05, 0) is 47.3 Å². The van der Waals surface area contributed by atoms with Crippen molar-refractivity contribution < 1.29 is 14.3 Å². The Balaban J connectivity index is 1.40. The lowest BCUT2D eigenvalue weighted by Gasteiger charge is -2.20. The number of carbonyl (C=O) groups excluding carboxylic acids is 1. The van der Waals surface area contributed by atoms with E-state index in [2.05, 4.69) is 21.2 Å². The lowest BCUT2D eigenvalue weighted by Crippen LogP contribution is -2.41. The average Bonchev–Trinajstić information content (AvgIpc) is 3.03. The molecule has 5 heteroatoms. The molecule has 0 radical (unpaired) electrons. The number of fused-ring (bicyclic) bond motifs is 2. The molecule has 2 aliphatic rings. The van der Waals surface area contributed by atoms with Gasteiger partial charge in [0.2, 0.25) is 5.91 Å². The third-order valence-corrected chi connectivity index (χ3v) is 4.53. The molecule has 3 rings (SSSR count). The molecule has 0 aliphatic carbocycles. The number of ether oxygens (including phenoxy) is 2. The summed E-state index contributed by atoms with van der Waals surface area (Å²) < 4.78 is 12.2. The second-order valence-corrected chi connectivity index (χ2v) is 6.17. The van der Waals surface area contributed by atoms with Gasteiger partial charge in [0.1, 0.15) is 5.75 Å².